The van der Waals surface area contributed by atoms with Crippen LogP contribution in [0.4, 0.5) is 0 Å². The minimum atomic E-state index is -0.592. The summed E-state index contributed by atoms with van der Waals surface area (Å²) in [5, 5.41) is 8.77. The van der Waals surface area contributed by atoms with Gasteiger partial charge in [-0.15, -0.1) is 0 Å². The van der Waals surface area contributed by atoms with Crippen molar-refractivity contribution in [3.8, 4) is 5.75 Å². The molecule has 2 N–H and O–H groups in total. The molecule has 1 aromatic rings. The third-order valence-corrected chi connectivity index (χ3v) is 5.23. The zero-order chi connectivity index (χ0) is 18.0. The zero-order valence-corrected chi connectivity index (χ0v) is 16.1. The van der Waals surface area contributed by atoms with E-state index in [0.29, 0.717) is 31.1 Å². The lowest BCUT2D eigenvalue weighted by Gasteiger charge is -2.44. The van der Waals surface area contributed by atoms with Crippen LogP contribution in [0.15, 0.2) is 18.2 Å². The number of benzene rings is 1. The predicted octanol–water partition coefficient (Wildman–Crippen LogP) is 1.84. The maximum absolute atomic E-state index is 13.2. The van der Waals surface area contributed by atoms with Crippen LogP contribution >= 0.6 is 13.5 Å². The summed E-state index contributed by atoms with van der Waals surface area (Å²) in [5.74, 6) is 0.0875. The van der Waals surface area contributed by atoms with Crippen molar-refractivity contribution in [2.24, 2.45) is 5.41 Å². The van der Waals surface area contributed by atoms with Crippen LogP contribution in [0.2, 0.25) is 0 Å². The number of hydrogen-bond acceptors (Lipinski definition) is 5. The van der Waals surface area contributed by atoms with E-state index in [0.717, 1.165) is 24.8 Å². The Hall–Kier alpha value is -1.77. The number of fused-ring (bicyclic) bond motifs is 1. The van der Waals surface area contributed by atoms with Gasteiger partial charge < -0.3 is 14.4 Å². The Morgan fingerprint density at radius 1 is 1.42 bits per heavy atom. The van der Waals surface area contributed by atoms with Crippen molar-refractivity contribution >= 4 is 25.3 Å². The number of nitrogens with one attached hydrogen (secondary N) is 1. The summed E-state index contributed by atoms with van der Waals surface area (Å²) in [6.07, 6.45) is 2.75. The van der Waals surface area contributed by atoms with Gasteiger partial charge in [0.05, 0.1) is 18.1 Å². The van der Waals surface area contributed by atoms with Crippen molar-refractivity contribution in [1.82, 2.24) is 10.4 Å². The van der Waals surface area contributed by atoms with E-state index in [-0.39, 0.29) is 25.4 Å². The largest absolute Gasteiger partial charge is 0.491 e. The molecule has 0 spiro atoms. The van der Waals surface area contributed by atoms with Gasteiger partial charge in [-0.05, 0) is 31.9 Å². The van der Waals surface area contributed by atoms with Gasteiger partial charge in [0.25, 0.3) is 5.91 Å². The number of amides is 2. The topological polar surface area (TPSA) is 88.1 Å². The Balaban J connectivity index is 0.00000243. The molecule has 1 aliphatic heterocycles. The molecule has 7 nitrogen and oxygen atoms in total. The van der Waals surface area contributed by atoms with Crippen LogP contribution in [-0.2, 0) is 16.1 Å². The molecule has 3 rings (SSSR count). The van der Waals surface area contributed by atoms with Crippen molar-refractivity contribution < 1.29 is 24.3 Å². The lowest BCUT2D eigenvalue weighted by atomic mass is 9.68. The molecule has 144 valence electrons. The van der Waals surface area contributed by atoms with E-state index in [4.69, 9.17) is 14.7 Å². The SMILES string of the molecule is COCC1(C(=O)N2Cc3ccc(C(=O)NO)cc3OC[C@@H]2C)CCC1.S. The third kappa shape index (κ3) is 3.67. The van der Waals surface area contributed by atoms with Crippen molar-refractivity contribution in [3.63, 3.8) is 0 Å². The molecule has 0 saturated heterocycles. The summed E-state index contributed by atoms with van der Waals surface area (Å²) in [6.45, 7) is 3.19. The number of carbonyl (C=O) groups is 2. The summed E-state index contributed by atoms with van der Waals surface area (Å²) in [6, 6.07) is 4.89. The Bertz CT molecular complexity index is 678. The normalized spacial score (nSPS) is 20.6. The maximum Gasteiger partial charge on any atom is 0.274 e. The van der Waals surface area contributed by atoms with Crippen LogP contribution in [0.1, 0.15) is 42.1 Å². The lowest BCUT2D eigenvalue weighted by Crippen LogP contribution is -2.53. The second kappa shape index (κ2) is 8.28. The standard InChI is InChI=1S/C18H24N2O5.H2S/c1-12-10-25-15-8-13(16(21)19-23)4-5-14(15)9-20(12)17(22)18(11-24-2)6-3-7-18;/h4-5,8,12,23H,3,6-7,9-11H2,1-2H3,(H,19,21);1H2/t12-;/m0./s1. The second-order valence-corrected chi connectivity index (χ2v) is 6.92. The summed E-state index contributed by atoms with van der Waals surface area (Å²) >= 11 is 0. The van der Waals surface area contributed by atoms with Gasteiger partial charge in [-0.3, -0.25) is 14.8 Å². The van der Waals surface area contributed by atoms with Crippen molar-refractivity contribution in [2.75, 3.05) is 20.3 Å². The molecule has 1 atom stereocenters. The van der Waals surface area contributed by atoms with E-state index in [1.54, 1.807) is 30.8 Å². The van der Waals surface area contributed by atoms with E-state index in [1.807, 2.05) is 11.8 Å². The molecule has 0 unspecified atom stereocenters. The van der Waals surface area contributed by atoms with Gasteiger partial charge in [-0.1, -0.05) is 12.5 Å². The third-order valence-electron chi connectivity index (χ3n) is 5.23. The van der Waals surface area contributed by atoms with Crippen LogP contribution < -0.4 is 10.2 Å². The average molecular weight is 382 g/mol. The van der Waals surface area contributed by atoms with E-state index in [9.17, 15) is 9.59 Å². The van der Waals surface area contributed by atoms with Crippen molar-refractivity contribution in [1.29, 1.82) is 0 Å². The fraction of sp³-hybridized carbons (Fsp3) is 0.556. The van der Waals surface area contributed by atoms with Crippen LogP contribution in [0.25, 0.3) is 0 Å². The number of methoxy groups -OCH3 is 1. The van der Waals surface area contributed by atoms with Gasteiger partial charge in [-0.25, -0.2) is 5.48 Å². The summed E-state index contributed by atoms with van der Waals surface area (Å²) < 4.78 is 11.1. The van der Waals surface area contributed by atoms with Crippen LogP contribution in [0, 0.1) is 5.41 Å². The first-order valence-corrected chi connectivity index (χ1v) is 8.51. The molecule has 26 heavy (non-hydrogen) atoms. The minimum Gasteiger partial charge on any atom is -0.491 e. The fourth-order valence-electron chi connectivity index (χ4n) is 3.54. The Morgan fingerprint density at radius 2 is 2.15 bits per heavy atom. The number of rotatable bonds is 4. The molecule has 0 bridgehead atoms. The predicted molar refractivity (Wildman–Crippen MR) is 99.7 cm³/mol. The Labute approximate surface area is 160 Å². The lowest BCUT2D eigenvalue weighted by molar-refractivity contribution is -0.155. The smallest absolute Gasteiger partial charge is 0.274 e. The highest BCUT2D eigenvalue weighted by Gasteiger charge is 2.47. The average Bonchev–Trinajstić information content (AvgIpc) is 2.75. The monoisotopic (exact) mass is 382 g/mol. The van der Waals surface area contributed by atoms with Crippen LogP contribution in [0.5, 0.6) is 5.75 Å². The molecule has 1 saturated carbocycles. The van der Waals surface area contributed by atoms with Crippen LogP contribution in [-0.4, -0.2) is 48.3 Å². The number of ether oxygens (including phenoxy) is 2. The number of nitrogens with zero attached hydrogens (tertiary/aromatic N) is 1. The summed E-state index contributed by atoms with van der Waals surface area (Å²) in [7, 11) is 1.63. The van der Waals surface area contributed by atoms with Crippen LogP contribution in [0.3, 0.4) is 0 Å². The first-order chi connectivity index (χ1) is 12.0. The number of carbonyl (C=O) groups excluding carboxylic acids is 2. The molecule has 1 aliphatic carbocycles. The molecular weight excluding hydrogens is 356 g/mol. The molecule has 1 heterocycles. The van der Waals surface area contributed by atoms with Gasteiger partial charge in [0.15, 0.2) is 0 Å². The molecule has 1 fully saturated rings. The Kier molecular flexibility index (Phi) is 6.54. The van der Waals surface area contributed by atoms with E-state index >= 15 is 0 Å². The van der Waals surface area contributed by atoms with Gasteiger partial charge in [0, 0.05) is 24.8 Å². The second-order valence-electron chi connectivity index (χ2n) is 6.92. The fourth-order valence-corrected chi connectivity index (χ4v) is 3.54. The first-order valence-electron chi connectivity index (χ1n) is 8.51. The first kappa shape index (κ1) is 20.5. The minimum absolute atomic E-state index is 0. The molecule has 1 aromatic carbocycles. The highest BCUT2D eigenvalue weighted by Crippen LogP contribution is 2.44. The summed E-state index contributed by atoms with van der Waals surface area (Å²) in [4.78, 5) is 26.6. The molecule has 2 aliphatic rings. The van der Waals surface area contributed by atoms with Crippen molar-refractivity contribution in [2.45, 2.75) is 38.8 Å². The van der Waals surface area contributed by atoms with Gasteiger partial charge >= 0.3 is 0 Å². The van der Waals surface area contributed by atoms with E-state index in [1.165, 1.54) is 0 Å². The van der Waals surface area contributed by atoms with E-state index in [2.05, 4.69) is 0 Å². The number of hydrogen-bond donors (Lipinski definition) is 2. The van der Waals surface area contributed by atoms with Gasteiger partial charge in [0.2, 0.25) is 5.91 Å². The molecule has 2 amide bonds. The highest BCUT2D eigenvalue weighted by atomic mass is 32.1. The van der Waals surface area contributed by atoms with Gasteiger partial charge in [-0.2, -0.15) is 13.5 Å². The molecule has 0 radical (unpaired) electrons. The molecular formula is C18H26N2O5S. The molecule has 0 aromatic heterocycles. The number of hydroxylamine groups is 1. The Morgan fingerprint density at radius 3 is 2.73 bits per heavy atom. The zero-order valence-electron chi connectivity index (χ0n) is 15.1. The van der Waals surface area contributed by atoms with Gasteiger partial charge in [0.1, 0.15) is 12.4 Å². The van der Waals surface area contributed by atoms with E-state index < -0.39 is 11.3 Å². The summed E-state index contributed by atoms with van der Waals surface area (Å²) in [5.41, 5.74) is 2.36. The molecule has 8 heteroatoms. The highest BCUT2D eigenvalue weighted by molar-refractivity contribution is 7.59. The maximum atomic E-state index is 13.2. The van der Waals surface area contributed by atoms with Crippen molar-refractivity contribution in [3.05, 3.63) is 29.3 Å². The quantitative estimate of drug-likeness (QED) is 0.613.